The fourth-order valence-corrected chi connectivity index (χ4v) is 1.90. The molecule has 0 radical (unpaired) electrons. The Morgan fingerprint density at radius 2 is 1.90 bits per heavy atom. The zero-order valence-corrected chi connectivity index (χ0v) is 12.0. The number of anilines is 1. The van der Waals surface area contributed by atoms with E-state index in [1.165, 1.54) is 12.4 Å². The lowest BCUT2D eigenvalue weighted by Crippen LogP contribution is -2.30. The molecular formula is C14H15ClN4O. The standard InChI is InChI=1S/C14H15ClN4O/c1-9(10-3-5-11(15)6-4-10)19(2)14(20)12-7-18-13(16)8-17-12/h3-9H,1-2H3,(H2,16,18). The van der Waals surface area contributed by atoms with Gasteiger partial charge in [-0.15, -0.1) is 0 Å². The number of nitrogens with two attached hydrogens (primary N) is 1. The zero-order valence-electron chi connectivity index (χ0n) is 11.2. The van der Waals surface area contributed by atoms with Crippen LogP contribution < -0.4 is 5.73 Å². The van der Waals surface area contributed by atoms with Gasteiger partial charge in [0.05, 0.1) is 18.4 Å². The van der Waals surface area contributed by atoms with E-state index in [2.05, 4.69) is 9.97 Å². The van der Waals surface area contributed by atoms with Gasteiger partial charge in [-0.3, -0.25) is 4.79 Å². The van der Waals surface area contributed by atoms with Crippen LogP contribution in [0.2, 0.25) is 5.02 Å². The maximum Gasteiger partial charge on any atom is 0.274 e. The van der Waals surface area contributed by atoms with Gasteiger partial charge in [0.2, 0.25) is 0 Å². The van der Waals surface area contributed by atoms with Crippen LogP contribution in [-0.4, -0.2) is 27.8 Å². The maximum absolute atomic E-state index is 12.3. The third-order valence-corrected chi connectivity index (χ3v) is 3.40. The number of hydrogen-bond donors (Lipinski definition) is 1. The Hall–Kier alpha value is -2.14. The van der Waals surface area contributed by atoms with Gasteiger partial charge in [-0.2, -0.15) is 0 Å². The molecule has 0 bridgehead atoms. The highest BCUT2D eigenvalue weighted by Crippen LogP contribution is 2.21. The average molecular weight is 291 g/mol. The van der Waals surface area contributed by atoms with Crippen molar-refractivity contribution in [3.8, 4) is 0 Å². The van der Waals surface area contributed by atoms with Crippen LogP contribution in [0.25, 0.3) is 0 Å². The smallest absolute Gasteiger partial charge is 0.274 e. The normalized spacial score (nSPS) is 11.9. The van der Waals surface area contributed by atoms with Gasteiger partial charge >= 0.3 is 0 Å². The average Bonchev–Trinajstić information content (AvgIpc) is 2.46. The van der Waals surface area contributed by atoms with E-state index < -0.39 is 0 Å². The van der Waals surface area contributed by atoms with Crippen molar-refractivity contribution in [2.24, 2.45) is 0 Å². The summed E-state index contributed by atoms with van der Waals surface area (Å²) in [6.45, 7) is 1.94. The SMILES string of the molecule is CC(c1ccc(Cl)cc1)N(C)C(=O)c1cnc(N)cn1. The number of halogens is 1. The van der Waals surface area contributed by atoms with Gasteiger partial charge in [0.1, 0.15) is 11.5 Å². The molecule has 1 aromatic heterocycles. The van der Waals surface area contributed by atoms with Crippen LogP contribution in [0.3, 0.4) is 0 Å². The predicted molar refractivity (Wildman–Crippen MR) is 78.4 cm³/mol. The third kappa shape index (κ3) is 3.05. The molecular weight excluding hydrogens is 276 g/mol. The van der Waals surface area contributed by atoms with E-state index in [1.54, 1.807) is 24.1 Å². The predicted octanol–water partition coefficient (Wildman–Crippen LogP) is 2.55. The molecule has 0 aliphatic carbocycles. The van der Waals surface area contributed by atoms with Gasteiger partial charge in [0.15, 0.2) is 0 Å². The summed E-state index contributed by atoms with van der Waals surface area (Å²) in [4.78, 5) is 21.8. The first-order valence-electron chi connectivity index (χ1n) is 6.09. The van der Waals surface area contributed by atoms with Gasteiger partial charge in [-0.05, 0) is 24.6 Å². The van der Waals surface area contributed by atoms with Crippen molar-refractivity contribution >= 4 is 23.3 Å². The highest BCUT2D eigenvalue weighted by Gasteiger charge is 2.20. The van der Waals surface area contributed by atoms with Gasteiger partial charge in [0, 0.05) is 12.1 Å². The van der Waals surface area contributed by atoms with E-state index in [4.69, 9.17) is 17.3 Å². The maximum atomic E-state index is 12.3. The highest BCUT2D eigenvalue weighted by molar-refractivity contribution is 6.30. The van der Waals surface area contributed by atoms with E-state index in [1.807, 2.05) is 19.1 Å². The molecule has 104 valence electrons. The molecule has 1 heterocycles. The van der Waals surface area contributed by atoms with Gasteiger partial charge in [-0.1, -0.05) is 23.7 Å². The van der Waals surface area contributed by atoms with Crippen molar-refractivity contribution in [3.63, 3.8) is 0 Å². The molecule has 2 aromatic rings. The van der Waals surface area contributed by atoms with Crippen molar-refractivity contribution in [1.82, 2.24) is 14.9 Å². The third-order valence-electron chi connectivity index (χ3n) is 3.14. The Bertz CT molecular complexity index is 598. The first-order chi connectivity index (χ1) is 9.49. The van der Waals surface area contributed by atoms with Crippen LogP contribution in [0.15, 0.2) is 36.7 Å². The van der Waals surface area contributed by atoms with Crippen LogP contribution in [0, 0.1) is 0 Å². The summed E-state index contributed by atoms with van der Waals surface area (Å²) in [5, 5.41) is 0.666. The van der Waals surface area contributed by atoms with Crippen LogP contribution in [0.4, 0.5) is 5.82 Å². The van der Waals surface area contributed by atoms with Crippen molar-refractivity contribution < 1.29 is 4.79 Å². The number of carbonyl (C=O) groups excluding carboxylic acids is 1. The fraction of sp³-hybridized carbons (Fsp3) is 0.214. The van der Waals surface area contributed by atoms with Gasteiger partial charge in [0.25, 0.3) is 5.91 Å². The molecule has 0 spiro atoms. The Morgan fingerprint density at radius 1 is 1.25 bits per heavy atom. The molecule has 1 aromatic carbocycles. The molecule has 0 aliphatic rings. The topological polar surface area (TPSA) is 72.1 Å². The van der Waals surface area contributed by atoms with Crippen molar-refractivity contribution in [2.45, 2.75) is 13.0 Å². The first-order valence-corrected chi connectivity index (χ1v) is 6.47. The van der Waals surface area contributed by atoms with Gasteiger partial charge < -0.3 is 10.6 Å². The number of nitrogens with zero attached hydrogens (tertiary/aromatic N) is 3. The summed E-state index contributed by atoms with van der Waals surface area (Å²) in [5.74, 6) is 0.0786. The van der Waals surface area contributed by atoms with Crippen molar-refractivity contribution in [3.05, 3.63) is 52.9 Å². The van der Waals surface area contributed by atoms with Crippen LogP contribution in [0.5, 0.6) is 0 Å². The molecule has 1 unspecified atom stereocenters. The van der Waals surface area contributed by atoms with Crippen LogP contribution in [0.1, 0.15) is 29.0 Å². The Morgan fingerprint density at radius 3 is 2.45 bits per heavy atom. The van der Waals surface area contributed by atoms with E-state index in [-0.39, 0.29) is 23.5 Å². The fourth-order valence-electron chi connectivity index (χ4n) is 1.77. The molecule has 20 heavy (non-hydrogen) atoms. The minimum Gasteiger partial charge on any atom is -0.382 e. The molecule has 2 rings (SSSR count). The second kappa shape index (κ2) is 5.88. The molecule has 2 N–H and O–H groups in total. The van der Waals surface area contributed by atoms with E-state index >= 15 is 0 Å². The molecule has 6 heteroatoms. The Balaban J connectivity index is 2.17. The lowest BCUT2D eigenvalue weighted by Gasteiger charge is -2.25. The number of carbonyl (C=O) groups is 1. The Labute approximate surface area is 122 Å². The van der Waals surface area contributed by atoms with E-state index in [9.17, 15) is 4.79 Å². The second-order valence-corrected chi connectivity index (χ2v) is 4.91. The summed E-state index contributed by atoms with van der Waals surface area (Å²) >= 11 is 5.86. The lowest BCUT2D eigenvalue weighted by molar-refractivity contribution is 0.0736. The quantitative estimate of drug-likeness (QED) is 0.943. The summed E-state index contributed by atoms with van der Waals surface area (Å²) in [5.41, 5.74) is 6.72. The molecule has 5 nitrogen and oxygen atoms in total. The van der Waals surface area contributed by atoms with Crippen LogP contribution in [-0.2, 0) is 0 Å². The number of rotatable bonds is 3. The molecule has 0 saturated heterocycles. The van der Waals surface area contributed by atoms with E-state index in [0.29, 0.717) is 5.02 Å². The second-order valence-electron chi connectivity index (χ2n) is 4.47. The largest absolute Gasteiger partial charge is 0.382 e. The van der Waals surface area contributed by atoms with Crippen molar-refractivity contribution in [1.29, 1.82) is 0 Å². The number of hydrogen-bond acceptors (Lipinski definition) is 4. The number of amides is 1. The van der Waals surface area contributed by atoms with Crippen LogP contribution >= 0.6 is 11.6 Å². The lowest BCUT2D eigenvalue weighted by atomic mass is 10.1. The number of benzene rings is 1. The van der Waals surface area contributed by atoms with E-state index in [0.717, 1.165) is 5.56 Å². The summed E-state index contributed by atoms with van der Waals surface area (Å²) in [6, 6.07) is 7.29. The summed E-state index contributed by atoms with van der Waals surface area (Å²) < 4.78 is 0. The molecule has 0 saturated carbocycles. The molecule has 0 aliphatic heterocycles. The van der Waals surface area contributed by atoms with Gasteiger partial charge in [-0.25, -0.2) is 9.97 Å². The number of nitrogen functional groups attached to an aromatic ring is 1. The zero-order chi connectivity index (χ0) is 14.7. The molecule has 1 atom stereocenters. The minimum atomic E-state index is -0.208. The Kier molecular flexibility index (Phi) is 4.20. The first kappa shape index (κ1) is 14.3. The molecule has 0 fully saturated rings. The highest BCUT2D eigenvalue weighted by atomic mass is 35.5. The number of aromatic nitrogens is 2. The van der Waals surface area contributed by atoms with Crippen molar-refractivity contribution in [2.75, 3.05) is 12.8 Å². The monoisotopic (exact) mass is 290 g/mol. The molecule has 1 amide bonds. The summed E-state index contributed by atoms with van der Waals surface area (Å²) in [7, 11) is 1.72. The minimum absolute atomic E-state index is 0.0980. The summed E-state index contributed by atoms with van der Waals surface area (Å²) in [6.07, 6.45) is 2.75.